The number of hydrogen-bond acceptors (Lipinski definition) is 10. The van der Waals surface area contributed by atoms with Gasteiger partial charge in [0, 0.05) is 23.5 Å². The SMILES string of the molecule is COc1cc(O)ccc1CN=Nc1nc(Nc2ccccc2)nc(-c2ccncn2)n1. The molecule has 2 aromatic carbocycles. The number of azo groups is 1. The van der Waals surface area contributed by atoms with Crippen LogP contribution in [0, 0.1) is 0 Å². The Morgan fingerprint density at radius 2 is 1.90 bits per heavy atom. The number of nitrogens with one attached hydrogen (secondary N) is 1. The third-order valence-electron chi connectivity index (χ3n) is 4.14. The Bertz CT molecular complexity index is 1190. The molecule has 10 nitrogen and oxygen atoms in total. The van der Waals surface area contributed by atoms with Crippen LogP contribution < -0.4 is 10.1 Å². The first-order valence-corrected chi connectivity index (χ1v) is 9.29. The average Bonchev–Trinajstić information content (AvgIpc) is 2.81. The van der Waals surface area contributed by atoms with E-state index >= 15 is 0 Å². The summed E-state index contributed by atoms with van der Waals surface area (Å²) in [6.45, 7) is 0.222. The summed E-state index contributed by atoms with van der Waals surface area (Å²) in [4.78, 5) is 21.2. The minimum absolute atomic E-state index is 0.112. The molecule has 2 heterocycles. The second-order valence-corrected chi connectivity index (χ2v) is 6.26. The van der Waals surface area contributed by atoms with E-state index in [9.17, 15) is 5.11 Å². The number of aromatic nitrogens is 5. The van der Waals surface area contributed by atoms with Crippen LogP contribution in [0.2, 0.25) is 0 Å². The van der Waals surface area contributed by atoms with Gasteiger partial charge < -0.3 is 15.2 Å². The first-order valence-electron chi connectivity index (χ1n) is 9.29. The van der Waals surface area contributed by atoms with Crippen LogP contribution in [-0.4, -0.2) is 37.1 Å². The molecule has 0 radical (unpaired) electrons. The summed E-state index contributed by atoms with van der Waals surface area (Å²) in [5, 5.41) is 21.0. The van der Waals surface area contributed by atoms with Crippen molar-refractivity contribution in [2.75, 3.05) is 12.4 Å². The van der Waals surface area contributed by atoms with E-state index in [0.29, 0.717) is 23.2 Å². The number of para-hydroxylation sites is 1. The van der Waals surface area contributed by atoms with Crippen LogP contribution in [0.5, 0.6) is 11.5 Å². The predicted octanol–water partition coefficient (Wildman–Crippen LogP) is 4.07. The van der Waals surface area contributed by atoms with Gasteiger partial charge in [-0.1, -0.05) is 18.2 Å². The second-order valence-electron chi connectivity index (χ2n) is 6.26. The molecule has 0 aliphatic heterocycles. The number of phenolic OH excluding ortho intramolecular Hbond substituents is 1. The first kappa shape index (κ1) is 19.8. The van der Waals surface area contributed by atoms with E-state index in [0.717, 1.165) is 11.3 Å². The maximum atomic E-state index is 9.58. The van der Waals surface area contributed by atoms with Gasteiger partial charge in [-0.05, 0) is 30.3 Å². The fourth-order valence-electron chi connectivity index (χ4n) is 2.69. The van der Waals surface area contributed by atoms with Crippen LogP contribution in [0.3, 0.4) is 0 Å². The topological polar surface area (TPSA) is 131 Å². The quantitative estimate of drug-likeness (QED) is 0.433. The highest BCUT2D eigenvalue weighted by atomic mass is 16.5. The van der Waals surface area contributed by atoms with Gasteiger partial charge in [0.15, 0.2) is 5.82 Å². The molecule has 31 heavy (non-hydrogen) atoms. The molecule has 154 valence electrons. The van der Waals surface area contributed by atoms with Crippen LogP contribution in [0.15, 0.2) is 77.3 Å². The molecule has 0 spiro atoms. The molecule has 0 fully saturated rings. The standard InChI is InChI=1S/C21H18N8O2/c1-31-18-11-16(30)8-7-14(18)12-24-29-21-27-19(17-9-10-22-13-23-17)26-20(28-21)25-15-5-3-2-4-6-15/h2-11,13,30H,12H2,1H3,(H,25,26,27,28). The Labute approximate surface area is 177 Å². The fourth-order valence-corrected chi connectivity index (χ4v) is 2.69. The summed E-state index contributed by atoms with van der Waals surface area (Å²) in [6.07, 6.45) is 3.02. The van der Waals surface area contributed by atoms with E-state index in [1.807, 2.05) is 30.3 Å². The Hall–Kier alpha value is -4.47. The molecule has 0 bridgehead atoms. The number of anilines is 2. The highest BCUT2D eigenvalue weighted by Gasteiger charge is 2.10. The first-order chi connectivity index (χ1) is 15.2. The van der Waals surface area contributed by atoms with Gasteiger partial charge in [0.2, 0.25) is 5.95 Å². The van der Waals surface area contributed by atoms with Crippen LogP contribution >= 0.6 is 0 Å². The minimum atomic E-state index is 0.112. The molecule has 0 aliphatic rings. The number of aromatic hydroxyl groups is 1. The van der Waals surface area contributed by atoms with Crippen molar-refractivity contribution in [1.29, 1.82) is 0 Å². The lowest BCUT2D eigenvalue weighted by Crippen LogP contribution is -2.01. The van der Waals surface area contributed by atoms with Gasteiger partial charge in [-0.25, -0.2) is 9.97 Å². The van der Waals surface area contributed by atoms with Gasteiger partial charge in [0.1, 0.15) is 23.5 Å². The molecule has 0 amide bonds. The third kappa shape index (κ3) is 5.12. The average molecular weight is 414 g/mol. The maximum Gasteiger partial charge on any atom is 0.273 e. The third-order valence-corrected chi connectivity index (χ3v) is 4.14. The van der Waals surface area contributed by atoms with Crippen molar-refractivity contribution < 1.29 is 9.84 Å². The largest absolute Gasteiger partial charge is 0.508 e. The van der Waals surface area contributed by atoms with Gasteiger partial charge in [-0.15, -0.1) is 5.11 Å². The Kier molecular flexibility index (Phi) is 5.98. The summed E-state index contributed by atoms with van der Waals surface area (Å²) >= 11 is 0. The van der Waals surface area contributed by atoms with Crippen LogP contribution in [-0.2, 0) is 6.54 Å². The Balaban J connectivity index is 1.63. The molecule has 0 atom stereocenters. The van der Waals surface area contributed by atoms with Crippen molar-refractivity contribution >= 4 is 17.6 Å². The number of phenols is 1. The van der Waals surface area contributed by atoms with E-state index in [-0.39, 0.29) is 18.2 Å². The van der Waals surface area contributed by atoms with E-state index < -0.39 is 0 Å². The van der Waals surface area contributed by atoms with Gasteiger partial charge in [-0.2, -0.15) is 20.1 Å². The number of benzene rings is 2. The van der Waals surface area contributed by atoms with Crippen molar-refractivity contribution in [3.63, 3.8) is 0 Å². The van der Waals surface area contributed by atoms with Crippen molar-refractivity contribution in [1.82, 2.24) is 24.9 Å². The molecule has 4 aromatic rings. The van der Waals surface area contributed by atoms with Crippen molar-refractivity contribution in [3.8, 4) is 23.0 Å². The van der Waals surface area contributed by atoms with Gasteiger partial charge in [0.05, 0.1) is 13.7 Å². The molecule has 0 unspecified atom stereocenters. The predicted molar refractivity (Wildman–Crippen MR) is 113 cm³/mol. The van der Waals surface area contributed by atoms with Crippen LogP contribution in [0.1, 0.15) is 5.56 Å². The number of nitrogens with zero attached hydrogens (tertiary/aromatic N) is 7. The maximum absolute atomic E-state index is 9.58. The monoisotopic (exact) mass is 414 g/mol. The molecule has 2 N–H and O–H groups in total. The molecular weight excluding hydrogens is 396 g/mol. The lowest BCUT2D eigenvalue weighted by Gasteiger charge is -2.07. The van der Waals surface area contributed by atoms with Crippen molar-refractivity contribution in [3.05, 3.63) is 72.7 Å². The van der Waals surface area contributed by atoms with Crippen LogP contribution in [0.4, 0.5) is 17.6 Å². The molecule has 0 saturated heterocycles. The summed E-state index contributed by atoms with van der Waals surface area (Å²) in [5.41, 5.74) is 2.11. The molecule has 0 saturated carbocycles. The van der Waals surface area contributed by atoms with Gasteiger partial charge >= 0.3 is 0 Å². The van der Waals surface area contributed by atoms with E-state index in [2.05, 4.69) is 40.5 Å². The Morgan fingerprint density at radius 1 is 1.03 bits per heavy atom. The Morgan fingerprint density at radius 3 is 2.68 bits per heavy atom. The van der Waals surface area contributed by atoms with Gasteiger partial charge in [0.25, 0.3) is 5.95 Å². The smallest absolute Gasteiger partial charge is 0.273 e. The number of ether oxygens (including phenoxy) is 1. The fraction of sp³-hybridized carbons (Fsp3) is 0.0952. The number of methoxy groups -OCH3 is 1. The molecule has 10 heteroatoms. The zero-order chi connectivity index (χ0) is 21.5. The normalized spacial score (nSPS) is 10.9. The molecule has 0 aliphatic carbocycles. The highest BCUT2D eigenvalue weighted by Crippen LogP contribution is 2.25. The lowest BCUT2D eigenvalue weighted by molar-refractivity contribution is 0.402. The number of rotatable bonds is 7. The molecule has 4 rings (SSSR count). The summed E-state index contributed by atoms with van der Waals surface area (Å²) in [7, 11) is 1.52. The molecular formula is C21H18N8O2. The van der Waals surface area contributed by atoms with E-state index in [1.54, 1.807) is 24.4 Å². The number of hydrogen-bond donors (Lipinski definition) is 2. The second kappa shape index (κ2) is 9.35. The van der Waals surface area contributed by atoms with Crippen molar-refractivity contribution in [2.24, 2.45) is 10.2 Å². The summed E-state index contributed by atoms with van der Waals surface area (Å²) in [6, 6.07) is 16.0. The van der Waals surface area contributed by atoms with Crippen molar-refractivity contribution in [2.45, 2.75) is 6.54 Å². The lowest BCUT2D eigenvalue weighted by atomic mass is 10.2. The van der Waals surface area contributed by atoms with Crippen LogP contribution in [0.25, 0.3) is 11.5 Å². The molecule has 2 aromatic heterocycles. The zero-order valence-electron chi connectivity index (χ0n) is 16.5. The summed E-state index contributed by atoms with van der Waals surface area (Å²) < 4.78 is 5.26. The van der Waals surface area contributed by atoms with E-state index in [4.69, 9.17) is 4.74 Å². The summed E-state index contributed by atoms with van der Waals surface area (Å²) in [5.74, 6) is 1.40. The zero-order valence-corrected chi connectivity index (χ0v) is 16.5. The minimum Gasteiger partial charge on any atom is -0.508 e. The van der Waals surface area contributed by atoms with Gasteiger partial charge in [-0.3, -0.25) is 0 Å². The highest BCUT2D eigenvalue weighted by molar-refractivity contribution is 5.57. The van der Waals surface area contributed by atoms with E-state index in [1.165, 1.54) is 19.5 Å².